The van der Waals surface area contributed by atoms with E-state index in [1.54, 1.807) is 17.0 Å². The molecule has 2 aromatic carbocycles. The van der Waals surface area contributed by atoms with E-state index in [1.165, 1.54) is 31.6 Å². The molecule has 1 aromatic heterocycles. The second-order valence-corrected chi connectivity index (χ2v) is 7.98. The van der Waals surface area contributed by atoms with Crippen LogP contribution < -0.4 is 19.5 Å². The average Bonchev–Trinajstić information content (AvgIpc) is 3.28. The van der Waals surface area contributed by atoms with E-state index in [2.05, 4.69) is 26.6 Å². The van der Waals surface area contributed by atoms with Crippen molar-refractivity contribution in [1.29, 1.82) is 0 Å². The summed E-state index contributed by atoms with van der Waals surface area (Å²) in [6.45, 7) is 4.47. The van der Waals surface area contributed by atoms with Gasteiger partial charge >= 0.3 is 6.36 Å². The zero-order valence-electron chi connectivity index (χ0n) is 18.4. The highest BCUT2D eigenvalue weighted by Gasteiger charge is 2.32. The Kier molecular flexibility index (Phi) is 6.88. The third-order valence-electron chi connectivity index (χ3n) is 5.27. The first kappa shape index (κ1) is 24.4. The van der Waals surface area contributed by atoms with Gasteiger partial charge in [-0.05, 0) is 30.3 Å². The van der Waals surface area contributed by atoms with Crippen LogP contribution in [0.15, 0.2) is 49.3 Å². The Hall–Kier alpha value is -3.73. The van der Waals surface area contributed by atoms with Crippen LogP contribution in [0.4, 0.5) is 24.7 Å². The molecule has 1 amide bonds. The highest BCUT2D eigenvalue weighted by Crippen LogP contribution is 2.37. The maximum atomic E-state index is 12.5. The summed E-state index contributed by atoms with van der Waals surface area (Å²) in [7, 11) is 1.50. The largest absolute Gasteiger partial charge is 0.573 e. The number of aromatic nitrogens is 2. The van der Waals surface area contributed by atoms with Gasteiger partial charge in [0.05, 0.1) is 24.2 Å². The van der Waals surface area contributed by atoms with Gasteiger partial charge in [-0.15, -0.1) is 13.2 Å². The van der Waals surface area contributed by atoms with Gasteiger partial charge in [-0.1, -0.05) is 18.2 Å². The van der Waals surface area contributed by atoms with Crippen molar-refractivity contribution in [2.45, 2.75) is 18.9 Å². The first-order chi connectivity index (χ1) is 16.7. The van der Waals surface area contributed by atoms with E-state index >= 15 is 0 Å². The number of benzene rings is 2. The molecule has 1 N–H and O–H groups in total. The molecule has 0 spiro atoms. The Labute approximate surface area is 203 Å². The minimum Gasteiger partial charge on any atom is -0.493 e. The number of rotatable bonds is 7. The van der Waals surface area contributed by atoms with E-state index in [9.17, 15) is 18.0 Å². The smallest absolute Gasteiger partial charge is 0.493 e. The van der Waals surface area contributed by atoms with E-state index in [1.807, 2.05) is 0 Å². The van der Waals surface area contributed by atoms with Gasteiger partial charge in [0, 0.05) is 30.1 Å². The predicted molar refractivity (Wildman–Crippen MR) is 123 cm³/mol. The van der Waals surface area contributed by atoms with Crippen LogP contribution in [0, 0.1) is 0 Å². The molecule has 0 bridgehead atoms. The van der Waals surface area contributed by atoms with Gasteiger partial charge in [0.15, 0.2) is 11.5 Å². The van der Waals surface area contributed by atoms with Crippen molar-refractivity contribution in [2.24, 2.45) is 0 Å². The van der Waals surface area contributed by atoms with Crippen LogP contribution in [-0.2, 0) is 4.79 Å². The fraction of sp³-hybridized carbons (Fsp3) is 0.261. The number of likely N-dealkylation sites (tertiary alicyclic amines) is 1. The van der Waals surface area contributed by atoms with Crippen molar-refractivity contribution in [2.75, 3.05) is 25.5 Å². The summed E-state index contributed by atoms with van der Waals surface area (Å²) in [6.07, 6.45) is -1.86. The van der Waals surface area contributed by atoms with E-state index in [0.29, 0.717) is 53.4 Å². The molecule has 184 valence electrons. The number of hydrogen-bond acceptors (Lipinski definition) is 7. The zero-order valence-corrected chi connectivity index (χ0v) is 19.2. The number of alkyl halides is 3. The fourth-order valence-corrected chi connectivity index (χ4v) is 3.89. The van der Waals surface area contributed by atoms with Gasteiger partial charge in [0.25, 0.3) is 0 Å². The van der Waals surface area contributed by atoms with Gasteiger partial charge in [-0.3, -0.25) is 4.79 Å². The first-order valence-corrected chi connectivity index (χ1v) is 10.8. The standard InChI is InChI=1S/C23H20ClF3N4O4/c1-3-21(32)31-7-6-14(11-31)34-20-9-15-17(10-19(20)33-2)28-12-29-22(15)30-13-4-5-18(16(24)8-13)35-23(25,26)27/h3-5,8-10,12,14H,1,6-7,11H2,2H3,(H,28,29,30). The molecule has 1 aliphatic heterocycles. The van der Waals surface area contributed by atoms with Gasteiger partial charge in [0.1, 0.15) is 24.0 Å². The molecule has 1 aliphatic rings. The van der Waals surface area contributed by atoms with Gasteiger partial charge in [-0.25, -0.2) is 9.97 Å². The second kappa shape index (κ2) is 9.87. The number of halogens is 4. The number of ether oxygens (including phenoxy) is 3. The number of nitrogens with zero attached hydrogens (tertiary/aromatic N) is 3. The molecule has 35 heavy (non-hydrogen) atoms. The van der Waals surface area contributed by atoms with Crippen LogP contribution in [0.2, 0.25) is 5.02 Å². The van der Waals surface area contributed by atoms with Crippen molar-refractivity contribution in [3.8, 4) is 17.2 Å². The summed E-state index contributed by atoms with van der Waals surface area (Å²) in [5.74, 6) is 0.581. The second-order valence-electron chi connectivity index (χ2n) is 7.58. The highest BCUT2D eigenvalue weighted by molar-refractivity contribution is 6.32. The Balaban J connectivity index is 1.61. The highest BCUT2D eigenvalue weighted by atomic mass is 35.5. The van der Waals surface area contributed by atoms with Crippen LogP contribution in [0.25, 0.3) is 10.9 Å². The molecule has 1 fully saturated rings. The Morgan fingerprint density at radius 3 is 2.71 bits per heavy atom. The molecule has 12 heteroatoms. The lowest BCUT2D eigenvalue weighted by atomic mass is 10.2. The van der Waals surface area contributed by atoms with Crippen LogP contribution in [0.3, 0.4) is 0 Å². The molecule has 2 heterocycles. The third kappa shape index (κ3) is 5.68. The van der Waals surface area contributed by atoms with Crippen LogP contribution >= 0.6 is 11.6 Å². The van der Waals surface area contributed by atoms with Gasteiger partial charge in [0.2, 0.25) is 5.91 Å². The summed E-state index contributed by atoms with van der Waals surface area (Å²) in [6, 6.07) is 7.17. The number of nitrogens with one attached hydrogen (secondary N) is 1. The predicted octanol–water partition coefficient (Wildman–Crippen LogP) is 5.10. The SMILES string of the molecule is C=CC(=O)N1CCC(Oc2cc3c(Nc4ccc(OC(F)(F)F)c(Cl)c4)ncnc3cc2OC)C1. The molecule has 0 radical (unpaired) electrons. The molecular weight excluding hydrogens is 489 g/mol. The fourth-order valence-electron chi connectivity index (χ4n) is 3.67. The minimum atomic E-state index is -4.85. The third-order valence-corrected chi connectivity index (χ3v) is 5.56. The number of fused-ring (bicyclic) bond motifs is 1. The normalized spacial score (nSPS) is 15.7. The number of methoxy groups -OCH3 is 1. The number of anilines is 2. The van der Waals surface area contributed by atoms with E-state index in [-0.39, 0.29) is 17.0 Å². The molecule has 1 atom stereocenters. The van der Waals surface area contributed by atoms with E-state index < -0.39 is 12.1 Å². The van der Waals surface area contributed by atoms with Crippen LogP contribution in [0.5, 0.6) is 17.2 Å². The topological polar surface area (TPSA) is 85.8 Å². The quantitative estimate of drug-likeness (QED) is 0.444. The summed E-state index contributed by atoms with van der Waals surface area (Å²) in [5, 5.41) is 3.38. The Morgan fingerprint density at radius 2 is 2.03 bits per heavy atom. The monoisotopic (exact) mass is 508 g/mol. The maximum absolute atomic E-state index is 12.5. The zero-order chi connectivity index (χ0) is 25.2. The average molecular weight is 509 g/mol. The van der Waals surface area contributed by atoms with E-state index in [4.69, 9.17) is 21.1 Å². The summed E-state index contributed by atoms with van der Waals surface area (Å²) in [5.41, 5.74) is 0.932. The Morgan fingerprint density at radius 1 is 1.23 bits per heavy atom. The number of carbonyl (C=O) groups excluding carboxylic acids is 1. The Bertz CT molecular complexity index is 1270. The molecule has 0 saturated carbocycles. The van der Waals surface area contributed by atoms with Crippen LogP contribution in [0.1, 0.15) is 6.42 Å². The van der Waals surface area contributed by atoms with Crippen molar-refractivity contribution in [3.63, 3.8) is 0 Å². The first-order valence-electron chi connectivity index (χ1n) is 10.4. The lowest BCUT2D eigenvalue weighted by Crippen LogP contribution is -2.29. The molecule has 1 saturated heterocycles. The van der Waals surface area contributed by atoms with Crippen LogP contribution in [-0.4, -0.2) is 53.4 Å². The van der Waals surface area contributed by atoms with Gasteiger partial charge in [-0.2, -0.15) is 0 Å². The van der Waals surface area contributed by atoms with E-state index in [0.717, 1.165) is 6.07 Å². The van der Waals surface area contributed by atoms with Crippen molar-refractivity contribution < 1.29 is 32.2 Å². The summed E-state index contributed by atoms with van der Waals surface area (Å²) >= 11 is 5.96. The number of amides is 1. The maximum Gasteiger partial charge on any atom is 0.573 e. The molecular formula is C23H20ClF3N4O4. The van der Waals surface area contributed by atoms with Gasteiger partial charge < -0.3 is 24.4 Å². The van der Waals surface area contributed by atoms with Crippen molar-refractivity contribution in [1.82, 2.24) is 14.9 Å². The minimum absolute atomic E-state index is 0.160. The molecule has 1 unspecified atom stereocenters. The molecule has 4 rings (SSSR count). The number of carbonyl (C=O) groups is 1. The summed E-state index contributed by atoms with van der Waals surface area (Å²) < 4.78 is 53.0. The van der Waals surface area contributed by atoms with Crippen molar-refractivity contribution >= 4 is 39.9 Å². The lowest BCUT2D eigenvalue weighted by molar-refractivity contribution is -0.274. The molecule has 8 nitrogen and oxygen atoms in total. The molecule has 3 aromatic rings. The molecule has 0 aliphatic carbocycles. The van der Waals surface area contributed by atoms with Crippen molar-refractivity contribution in [3.05, 3.63) is 54.3 Å². The summed E-state index contributed by atoms with van der Waals surface area (Å²) in [4.78, 5) is 22.0. The lowest BCUT2D eigenvalue weighted by Gasteiger charge is -2.18. The number of hydrogen-bond donors (Lipinski definition) is 1.